The maximum absolute atomic E-state index is 3.42. The Kier molecular flexibility index (Phi) is 4.20. The molecule has 0 aromatic rings. The fourth-order valence-electron chi connectivity index (χ4n) is 2.20. The summed E-state index contributed by atoms with van der Waals surface area (Å²) in [4.78, 5) is 2.54. The fraction of sp³-hybridized carbons (Fsp3) is 1.00. The first-order valence-electron chi connectivity index (χ1n) is 5.54. The van der Waals surface area contributed by atoms with Gasteiger partial charge in [-0.3, -0.25) is 4.90 Å². The average molecular weight is 184 g/mol. The average Bonchev–Trinajstić information content (AvgIpc) is 2.53. The molecule has 0 radical (unpaired) electrons. The molecule has 13 heavy (non-hydrogen) atoms. The van der Waals surface area contributed by atoms with Crippen molar-refractivity contribution < 1.29 is 0 Å². The third-order valence-electron chi connectivity index (χ3n) is 3.12. The minimum atomic E-state index is 0.727. The smallest absolute Gasteiger partial charge is 0.0232 e. The van der Waals surface area contributed by atoms with Crippen molar-refractivity contribution in [3.8, 4) is 0 Å². The second-order valence-corrected chi connectivity index (χ2v) is 4.79. The topological polar surface area (TPSA) is 15.3 Å². The van der Waals surface area contributed by atoms with Crippen LogP contribution in [0.5, 0.6) is 0 Å². The van der Waals surface area contributed by atoms with E-state index in [9.17, 15) is 0 Å². The Bertz CT molecular complexity index is 139. The van der Waals surface area contributed by atoms with Crippen LogP contribution in [0.1, 0.15) is 33.6 Å². The Labute approximate surface area is 82.7 Å². The molecule has 0 aliphatic carbocycles. The molecule has 2 heteroatoms. The number of hydrogen-bond acceptors (Lipinski definition) is 2. The van der Waals surface area contributed by atoms with E-state index in [2.05, 4.69) is 38.0 Å². The molecule has 1 heterocycles. The number of nitrogens with one attached hydrogen (secondary N) is 1. The summed E-state index contributed by atoms with van der Waals surface area (Å²) in [7, 11) is 2.27. The van der Waals surface area contributed by atoms with Crippen LogP contribution in [0.25, 0.3) is 0 Å². The highest BCUT2D eigenvalue weighted by atomic mass is 15.2. The number of rotatable bonds is 4. The van der Waals surface area contributed by atoms with Gasteiger partial charge in [0.05, 0.1) is 0 Å². The lowest BCUT2D eigenvalue weighted by atomic mass is 10.0. The molecule has 0 amide bonds. The second-order valence-electron chi connectivity index (χ2n) is 4.79. The van der Waals surface area contributed by atoms with Crippen molar-refractivity contribution in [3.05, 3.63) is 0 Å². The molecule has 0 bridgehead atoms. The summed E-state index contributed by atoms with van der Waals surface area (Å²) in [6.07, 6.45) is 2.63. The summed E-state index contributed by atoms with van der Waals surface area (Å²) in [6, 6.07) is 1.50. The van der Waals surface area contributed by atoms with Crippen molar-refractivity contribution >= 4 is 0 Å². The molecule has 1 fully saturated rings. The zero-order valence-electron chi connectivity index (χ0n) is 9.51. The Morgan fingerprint density at radius 2 is 2.08 bits per heavy atom. The van der Waals surface area contributed by atoms with Gasteiger partial charge in [-0.1, -0.05) is 13.8 Å². The molecule has 2 atom stereocenters. The Morgan fingerprint density at radius 3 is 2.54 bits per heavy atom. The monoisotopic (exact) mass is 184 g/mol. The lowest BCUT2D eigenvalue weighted by molar-refractivity contribution is 0.175. The van der Waals surface area contributed by atoms with Gasteiger partial charge in [0.1, 0.15) is 0 Å². The molecule has 2 unspecified atom stereocenters. The summed E-state index contributed by atoms with van der Waals surface area (Å²) in [6.45, 7) is 9.33. The molecule has 0 aromatic heterocycles. The van der Waals surface area contributed by atoms with Gasteiger partial charge in [0, 0.05) is 18.6 Å². The molecule has 1 aliphatic rings. The summed E-state index contributed by atoms with van der Waals surface area (Å²) < 4.78 is 0. The van der Waals surface area contributed by atoms with Gasteiger partial charge in [-0.25, -0.2) is 0 Å². The van der Waals surface area contributed by atoms with Gasteiger partial charge >= 0.3 is 0 Å². The van der Waals surface area contributed by atoms with Gasteiger partial charge in [-0.15, -0.1) is 0 Å². The van der Waals surface area contributed by atoms with Crippen molar-refractivity contribution in [2.45, 2.75) is 45.7 Å². The predicted molar refractivity (Wildman–Crippen MR) is 58.0 cm³/mol. The van der Waals surface area contributed by atoms with E-state index in [1.807, 2.05) is 0 Å². The predicted octanol–water partition coefficient (Wildman–Crippen LogP) is 1.71. The number of likely N-dealkylation sites (N-methyl/N-ethyl adjacent to an activating group) is 1. The summed E-state index contributed by atoms with van der Waals surface area (Å²) >= 11 is 0. The third-order valence-corrected chi connectivity index (χ3v) is 3.12. The minimum Gasteiger partial charge on any atom is -0.315 e. The Hall–Kier alpha value is -0.0800. The van der Waals surface area contributed by atoms with Crippen molar-refractivity contribution in [2.75, 3.05) is 20.1 Å². The molecule has 2 nitrogen and oxygen atoms in total. The van der Waals surface area contributed by atoms with Gasteiger partial charge in [-0.2, -0.15) is 0 Å². The molecule has 1 N–H and O–H groups in total. The van der Waals surface area contributed by atoms with Crippen LogP contribution < -0.4 is 5.32 Å². The highest BCUT2D eigenvalue weighted by molar-refractivity contribution is 4.81. The van der Waals surface area contributed by atoms with Crippen LogP contribution in [-0.2, 0) is 0 Å². The van der Waals surface area contributed by atoms with E-state index >= 15 is 0 Å². The number of hydrogen-bond donors (Lipinski definition) is 1. The molecule has 0 saturated carbocycles. The highest BCUT2D eigenvalue weighted by Gasteiger charge is 2.22. The zero-order chi connectivity index (χ0) is 9.84. The number of nitrogens with zero attached hydrogens (tertiary/aromatic N) is 1. The maximum Gasteiger partial charge on any atom is 0.0232 e. The van der Waals surface area contributed by atoms with Gasteiger partial charge in [0.25, 0.3) is 0 Å². The lowest BCUT2D eigenvalue weighted by Crippen LogP contribution is -2.40. The minimum absolute atomic E-state index is 0.727. The van der Waals surface area contributed by atoms with Crippen LogP contribution in [-0.4, -0.2) is 37.1 Å². The lowest BCUT2D eigenvalue weighted by Gasteiger charge is -2.31. The van der Waals surface area contributed by atoms with E-state index in [0.717, 1.165) is 18.0 Å². The first-order valence-corrected chi connectivity index (χ1v) is 5.54. The molecule has 78 valence electrons. The van der Waals surface area contributed by atoms with Crippen LogP contribution in [0.2, 0.25) is 0 Å². The third kappa shape index (κ3) is 3.28. The van der Waals surface area contributed by atoms with E-state index < -0.39 is 0 Å². The zero-order valence-corrected chi connectivity index (χ0v) is 9.51. The van der Waals surface area contributed by atoms with E-state index in [-0.39, 0.29) is 0 Å². The second kappa shape index (κ2) is 4.97. The van der Waals surface area contributed by atoms with E-state index in [0.29, 0.717) is 0 Å². The summed E-state index contributed by atoms with van der Waals surface area (Å²) in [5.41, 5.74) is 0. The maximum atomic E-state index is 3.42. The van der Waals surface area contributed by atoms with Crippen molar-refractivity contribution in [1.29, 1.82) is 0 Å². The van der Waals surface area contributed by atoms with Gasteiger partial charge in [-0.05, 0) is 39.3 Å². The van der Waals surface area contributed by atoms with E-state index in [4.69, 9.17) is 0 Å². The normalized spacial score (nSPS) is 25.8. The van der Waals surface area contributed by atoms with Crippen LogP contribution in [0.3, 0.4) is 0 Å². The van der Waals surface area contributed by atoms with E-state index in [1.165, 1.54) is 25.9 Å². The van der Waals surface area contributed by atoms with Gasteiger partial charge < -0.3 is 5.32 Å². The van der Waals surface area contributed by atoms with Gasteiger partial charge in [0.2, 0.25) is 0 Å². The van der Waals surface area contributed by atoms with Crippen LogP contribution >= 0.6 is 0 Å². The van der Waals surface area contributed by atoms with Crippen molar-refractivity contribution in [1.82, 2.24) is 10.2 Å². The van der Waals surface area contributed by atoms with Crippen LogP contribution in [0, 0.1) is 5.92 Å². The Balaban J connectivity index is 2.31. The largest absolute Gasteiger partial charge is 0.315 e. The van der Waals surface area contributed by atoms with Gasteiger partial charge in [0.15, 0.2) is 0 Å². The molecule has 1 aliphatic heterocycles. The molecular formula is C11H24N2. The van der Waals surface area contributed by atoms with E-state index in [1.54, 1.807) is 0 Å². The van der Waals surface area contributed by atoms with Crippen LogP contribution in [0.15, 0.2) is 0 Å². The van der Waals surface area contributed by atoms with Crippen LogP contribution in [0.4, 0.5) is 0 Å². The first kappa shape index (κ1) is 11.0. The molecule has 0 aromatic carbocycles. The summed E-state index contributed by atoms with van der Waals surface area (Å²) in [5.74, 6) is 0.812. The Morgan fingerprint density at radius 1 is 1.38 bits per heavy atom. The van der Waals surface area contributed by atoms with Crippen molar-refractivity contribution in [2.24, 2.45) is 5.92 Å². The highest BCUT2D eigenvalue weighted by Crippen LogP contribution is 2.15. The first-order chi connectivity index (χ1) is 6.11. The fourth-order valence-corrected chi connectivity index (χ4v) is 2.20. The molecule has 1 saturated heterocycles. The SMILES string of the molecule is CC(C)CC(C)N(C)C1CCNC1. The summed E-state index contributed by atoms with van der Waals surface area (Å²) in [5, 5.41) is 3.42. The standard InChI is InChI=1S/C11H24N2/c1-9(2)7-10(3)13(4)11-5-6-12-8-11/h9-12H,5-8H2,1-4H3. The molecular weight excluding hydrogens is 160 g/mol. The van der Waals surface area contributed by atoms with Crippen molar-refractivity contribution in [3.63, 3.8) is 0 Å². The molecule has 1 rings (SSSR count). The molecule has 0 spiro atoms. The quantitative estimate of drug-likeness (QED) is 0.715.